The summed E-state index contributed by atoms with van der Waals surface area (Å²) in [6, 6.07) is 24.8. The van der Waals surface area contributed by atoms with Crippen molar-refractivity contribution in [3.05, 3.63) is 90.5 Å². The molecule has 3 aromatic rings. The van der Waals surface area contributed by atoms with Gasteiger partial charge in [-0.15, -0.1) is 3.89 Å². The van der Waals surface area contributed by atoms with Gasteiger partial charge in [-0.2, -0.15) is 4.21 Å². The van der Waals surface area contributed by atoms with Crippen molar-refractivity contribution < 1.29 is 21.8 Å². The molecule has 4 nitrogen and oxygen atoms in total. The average molecular weight is 372 g/mol. The third-order valence-electron chi connectivity index (χ3n) is 3.35. The summed E-state index contributed by atoms with van der Waals surface area (Å²) in [4.78, 5) is 0. The van der Waals surface area contributed by atoms with Crippen molar-refractivity contribution in [1.29, 1.82) is 0 Å². The van der Waals surface area contributed by atoms with E-state index in [2.05, 4.69) is 10.1 Å². The molecule has 2 unspecified atom stereocenters. The molecule has 26 heavy (non-hydrogen) atoms. The van der Waals surface area contributed by atoms with E-state index in [4.69, 9.17) is 9.47 Å². The van der Waals surface area contributed by atoms with Crippen LogP contribution in [0, 0.1) is 0 Å². The molecular formula is C20H17FO4S. The maximum Gasteiger partial charge on any atom is 0.279 e. The van der Waals surface area contributed by atoms with Crippen LogP contribution in [0.2, 0.25) is 0 Å². The molecular weight excluding hydrogens is 355 g/mol. The normalized spacial score (nSPS) is 14.0. The molecule has 2 atom stereocenters. The first-order valence-electron chi connectivity index (χ1n) is 7.79. The Balaban J connectivity index is 1.79. The highest BCUT2D eigenvalue weighted by molar-refractivity contribution is 7.91. The van der Waals surface area contributed by atoms with Gasteiger partial charge in [0.15, 0.2) is 0 Å². The molecule has 0 N–H and O–H groups in total. The Morgan fingerprint density at radius 3 is 1.73 bits per heavy atom. The van der Waals surface area contributed by atoms with Crippen LogP contribution in [-0.4, -0.2) is 10.1 Å². The summed E-state index contributed by atoms with van der Waals surface area (Å²) in [5, 5.41) is 0. The lowest BCUT2D eigenvalue weighted by Crippen LogP contribution is -2.15. The standard InChI is InChI=1S/C20H17FO4S/c1-26(21,22)25-19-14-12-18(13-15-19)24-20(16-8-4-2-5-9-16)23-17-10-6-3-7-11-17/h2-15,20H,1H2. The van der Waals surface area contributed by atoms with E-state index in [1.807, 2.05) is 60.7 Å². The van der Waals surface area contributed by atoms with Gasteiger partial charge in [-0.1, -0.05) is 48.5 Å². The summed E-state index contributed by atoms with van der Waals surface area (Å²) in [7, 11) is -4.06. The maximum absolute atomic E-state index is 13.0. The first kappa shape index (κ1) is 17.8. The van der Waals surface area contributed by atoms with E-state index in [0.29, 0.717) is 11.5 Å². The van der Waals surface area contributed by atoms with Crippen LogP contribution in [0.5, 0.6) is 17.2 Å². The van der Waals surface area contributed by atoms with Gasteiger partial charge in [0.05, 0.1) is 0 Å². The molecule has 0 amide bonds. The fraction of sp³-hybridized carbons (Fsp3) is 0.0500. The molecule has 0 radical (unpaired) electrons. The predicted octanol–water partition coefficient (Wildman–Crippen LogP) is 4.74. The highest BCUT2D eigenvalue weighted by atomic mass is 32.3. The number of rotatable bonds is 7. The Kier molecular flexibility index (Phi) is 5.43. The highest BCUT2D eigenvalue weighted by Crippen LogP contribution is 2.27. The van der Waals surface area contributed by atoms with Crippen molar-refractivity contribution in [2.75, 3.05) is 0 Å². The van der Waals surface area contributed by atoms with Gasteiger partial charge in [0, 0.05) is 11.4 Å². The Hall–Kier alpha value is -2.99. The summed E-state index contributed by atoms with van der Waals surface area (Å²) in [5.74, 6) is 4.05. The van der Waals surface area contributed by atoms with Crippen LogP contribution >= 0.6 is 0 Å². The summed E-state index contributed by atoms with van der Waals surface area (Å²) in [6.45, 7) is 0. The molecule has 0 saturated heterocycles. The second-order valence-corrected chi connectivity index (χ2v) is 6.63. The third kappa shape index (κ3) is 5.26. The maximum atomic E-state index is 13.0. The number of hydrogen-bond donors (Lipinski definition) is 0. The van der Waals surface area contributed by atoms with Crippen LogP contribution in [0.1, 0.15) is 11.9 Å². The number of hydrogen-bond acceptors (Lipinski definition) is 4. The van der Waals surface area contributed by atoms with Crippen molar-refractivity contribution >= 4 is 16.1 Å². The second kappa shape index (κ2) is 7.93. The van der Waals surface area contributed by atoms with Crippen LogP contribution in [-0.2, 0) is 10.2 Å². The molecule has 3 rings (SSSR count). The van der Waals surface area contributed by atoms with Gasteiger partial charge in [0.1, 0.15) is 17.2 Å². The van der Waals surface area contributed by atoms with Crippen LogP contribution in [0.3, 0.4) is 0 Å². The zero-order valence-corrected chi connectivity index (χ0v) is 14.6. The topological polar surface area (TPSA) is 44.8 Å². The SMILES string of the molecule is C=S(=O)(F)Oc1ccc(OC(Oc2ccccc2)c2ccccc2)cc1. The lowest BCUT2D eigenvalue weighted by atomic mass is 10.2. The van der Waals surface area contributed by atoms with E-state index in [0.717, 1.165) is 5.56 Å². The van der Waals surface area contributed by atoms with Gasteiger partial charge in [-0.05, 0) is 36.4 Å². The van der Waals surface area contributed by atoms with E-state index in [1.165, 1.54) is 12.1 Å². The van der Waals surface area contributed by atoms with Gasteiger partial charge < -0.3 is 13.7 Å². The molecule has 6 heteroatoms. The van der Waals surface area contributed by atoms with Crippen molar-refractivity contribution in [2.24, 2.45) is 0 Å². The first-order chi connectivity index (χ1) is 12.5. The van der Waals surface area contributed by atoms with Crippen molar-refractivity contribution in [2.45, 2.75) is 6.29 Å². The average Bonchev–Trinajstić information content (AvgIpc) is 2.63. The molecule has 0 heterocycles. The van der Waals surface area contributed by atoms with Crippen LogP contribution in [0.15, 0.2) is 84.9 Å². The van der Waals surface area contributed by atoms with E-state index < -0.39 is 16.5 Å². The molecule has 0 fully saturated rings. The zero-order chi connectivity index (χ0) is 18.4. The molecule has 0 saturated carbocycles. The quantitative estimate of drug-likeness (QED) is 0.341. The fourth-order valence-corrected chi connectivity index (χ4v) is 2.63. The van der Waals surface area contributed by atoms with Crippen molar-refractivity contribution in [3.63, 3.8) is 0 Å². The molecule has 0 bridgehead atoms. The largest absolute Gasteiger partial charge is 0.451 e. The fourth-order valence-electron chi connectivity index (χ4n) is 2.23. The van der Waals surface area contributed by atoms with Gasteiger partial charge in [-0.3, -0.25) is 0 Å². The van der Waals surface area contributed by atoms with E-state index in [1.54, 1.807) is 12.1 Å². The summed E-state index contributed by atoms with van der Waals surface area (Å²) >= 11 is 0. The lowest BCUT2D eigenvalue weighted by Gasteiger charge is -2.21. The van der Waals surface area contributed by atoms with Crippen LogP contribution < -0.4 is 13.7 Å². The molecule has 0 spiro atoms. The van der Waals surface area contributed by atoms with E-state index in [-0.39, 0.29) is 5.75 Å². The minimum Gasteiger partial charge on any atom is -0.451 e. The molecule has 0 aliphatic rings. The zero-order valence-electron chi connectivity index (χ0n) is 13.8. The number of para-hydroxylation sites is 1. The second-order valence-electron chi connectivity index (χ2n) is 5.38. The Morgan fingerprint density at radius 2 is 1.19 bits per heavy atom. The lowest BCUT2D eigenvalue weighted by molar-refractivity contribution is 0.00379. The first-order valence-corrected chi connectivity index (χ1v) is 9.34. The summed E-state index contributed by atoms with van der Waals surface area (Å²) in [6.07, 6.45) is -0.677. The molecule has 3 aromatic carbocycles. The van der Waals surface area contributed by atoms with Gasteiger partial charge in [0.25, 0.3) is 16.5 Å². The monoisotopic (exact) mass is 372 g/mol. The Labute approximate surface area is 152 Å². The van der Waals surface area contributed by atoms with E-state index in [9.17, 15) is 8.09 Å². The molecule has 0 aromatic heterocycles. The molecule has 134 valence electrons. The van der Waals surface area contributed by atoms with Crippen molar-refractivity contribution in [1.82, 2.24) is 0 Å². The number of halogens is 1. The number of benzene rings is 3. The summed E-state index contributed by atoms with van der Waals surface area (Å²) < 4.78 is 40.4. The molecule has 0 aliphatic heterocycles. The minimum atomic E-state index is -4.06. The van der Waals surface area contributed by atoms with Gasteiger partial charge in [0.2, 0.25) is 0 Å². The Bertz CT molecular complexity index is 927. The predicted molar refractivity (Wildman–Crippen MR) is 100 cm³/mol. The Morgan fingerprint density at radius 1 is 0.731 bits per heavy atom. The van der Waals surface area contributed by atoms with Crippen LogP contribution in [0.4, 0.5) is 3.89 Å². The smallest absolute Gasteiger partial charge is 0.279 e. The van der Waals surface area contributed by atoms with Gasteiger partial charge in [-0.25, -0.2) is 0 Å². The van der Waals surface area contributed by atoms with Crippen molar-refractivity contribution in [3.8, 4) is 17.2 Å². The third-order valence-corrected chi connectivity index (χ3v) is 3.79. The van der Waals surface area contributed by atoms with Crippen LogP contribution in [0.25, 0.3) is 0 Å². The van der Waals surface area contributed by atoms with Gasteiger partial charge >= 0.3 is 0 Å². The minimum absolute atomic E-state index is 0.0973. The van der Waals surface area contributed by atoms with E-state index >= 15 is 0 Å². The molecule has 0 aliphatic carbocycles. The highest BCUT2D eigenvalue weighted by Gasteiger charge is 2.15. The summed E-state index contributed by atoms with van der Waals surface area (Å²) in [5.41, 5.74) is 0.834. The number of ether oxygens (including phenoxy) is 2.